The lowest BCUT2D eigenvalue weighted by atomic mass is 10.1. The number of ether oxygens (including phenoxy) is 2. The van der Waals surface area contributed by atoms with Crippen LogP contribution in [0.4, 0.5) is 0 Å². The molecule has 26 heavy (non-hydrogen) atoms. The molecule has 0 saturated heterocycles. The van der Waals surface area contributed by atoms with Gasteiger partial charge in [-0.3, -0.25) is 4.90 Å². The second kappa shape index (κ2) is 7.13. The van der Waals surface area contributed by atoms with Crippen LogP contribution >= 0.6 is 11.3 Å². The Morgan fingerprint density at radius 2 is 2.19 bits per heavy atom. The van der Waals surface area contributed by atoms with E-state index in [1.165, 1.54) is 15.3 Å². The van der Waals surface area contributed by atoms with Crippen LogP contribution in [0.25, 0.3) is 10.4 Å². The molecular formula is C20H23N3O2S. The highest BCUT2D eigenvalue weighted by Crippen LogP contribution is 2.40. The molecule has 0 unspecified atom stereocenters. The topological polar surface area (TPSA) is 50.4 Å². The molecule has 0 fully saturated rings. The zero-order valence-corrected chi connectivity index (χ0v) is 16.2. The fourth-order valence-corrected chi connectivity index (χ4v) is 4.17. The van der Waals surface area contributed by atoms with Crippen LogP contribution in [0.1, 0.15) is 21.8 Å². The second-order valence-electron chi connectivity index (χ2n) is 6.61. The van der Waals surface area contributed by atoms with Gasteiger partial charge in [0.2, 0.25) is 0 Å². The number of rotatable bonds is 4. The Bertz CT molecular complexity index is 916. The summed E-state index contributed by atoms with van der Waals surface area (Å²) < 4.78 is 11.7. The van der Waals surface area contributed by atoms with E-state index in [-0.39, 0.29) is 0 Å². The van der Waals surface area contributed by atoms with Crippen LogP contribution in [-0.2, 0) is 13.1 Å². The standard InChI is InChI=1S/C20H23N3O2S/c1-13-4-5-19(26-13)15-8-16-10-23(11-17-14(2)21-12-22-17)6-7-25-20(16)18(9-15)24-3/h4-5,8-9,12H,6-7,10-11H2,1-3H3,(H,21,22). The van der Waals surface area contributed by atoms with E-state index in [4.69, 9.17) is 9.47 Å². The molecule has 0 radical (unpaired) electrons. The number of aromatic amines is 1. The Kier molecular flexibility index (Phi) is 4.70. The van der Waals surface area contributed by atoms with Crippen LogP contribution in [-0.4, -0.2) is 35.1 Å². The summed E-state index contributed by atoms with van der Waals surface area (Å²) in [6, 6.07) is 8.64. The van der Waals surface area contributed by atoms with E-state index in [2.05, 4.69) is 53.0 Å². The summed E-state index contributed by atoms with van der Waals surface area (Å²) in [5.41, 5.74) is 4.55. The Hall–Kier alpha value is -2.31. The molecule has 0 spiro atoms. The van der Waals surface area contributed by atoms with E-state index in [9.17, 15) is 0 Å². The number of nitrogens with one attached hydrogen (secondary N) is 1. The predicted octanol–water partition coefficient (Wildman–Crippen LogP) is 4.16. The van der Waals surface area contributed by atoms with E-state index < -0.39 is 0 Å². The average molecular weight is 369 g/mol. The van der Waals surface area contributed by atoms with Crippen LogP contribution in [0.15, 0.2) is 30.6 Å². The molecule has 0 atom stereocenters. The zero-order valence-electron chi connectivity index (χ0n) is 15.3. The number of hydrogen-bond acceptors (Lipinski definition) is 5. The van der Waals surface area contributed by atoms with E-state index in [0.29, 0.717) is 6.61 Å². The Morgan fingerprint density at radius 3 is 2.88 bits per heavy atom. The SMILES string of the molecule is COc1cc(-c2ccc(C)s2)cc2c1OCCN(Cc1nc[nH]c1C)C2. The van der Waals surface area contributed by atoms with Crippen molar-refractivity contribution in [1.82, 2.24) is 14.9 Å². The quantitative estimate of drug-likeness (QED) is 0.750. The fraction of sp³-hybridized carbons (Fsp3) is 0.350. The number of fused-ring (bicyclic) bond motifs is 1. The predicted molar refractivity (Wildman–Crippen MR) is 104 cm³/mol. The lowest BCUT2D eigenvalue weighted by molar-refractivity contribution is 0.215. The van der Waals surface area contributed by atoms with Gasteiger partial charge < -0.3 is 14.5 Å². The minimum absolute atomic E-state index is 0.643. The first-order chi connectivity index (χ1) is 12.6. The number of thiophene rings is 1. The van der Waals surface area contributed by atoms with Gasteiger partial charge in [-0.2, -0.15) is 0 Å². The molecule has 6 heteroatoms. The van der Waals surface area contributed by atoms with Crippen LogP contribution in [0.3, 0.4) is 0 Å². The number of nitrogens with zero attached hydrogens (tertiary/aromatic N) is 2. The van der Waals surface area contributed by atoms with Crippen molar-refractivity contribution in [3.8, 4) is 21.9 Å². The molecule has 0 amide bonds. The third-order valence-electron chi connectivity index (χ3n) is 4.73. The average Bonchev–Trinajstić information content (AvgIpc) is 3.17. The summed E-state index contributed by atoms with van der Waals surface area (Å²) in [4.78, 5) is 12.5. The van der Waals surface area contributed by atoms with Gasteiger partial charge >= 0.3 is 0 Å². The van der Waals surface area contributed by atoms with Crippen molar-refractivity contribution >= 4 is 11.3 Å². The number of imidazole rings is 1. The molecule has 2 aromatic heterocycles. The van der Waals surface area contributed by atoms with Gasteiger partial charge in [0.05, 0.1) is 19.1 Å². The fourth-order valence-electron chi connectivity index (χ4n) is 3.31. The third kappa shape index (κ3) is 3.34. The molecule has 1 aliphatic rings. The number of methoxy groups -OCH3 is 1. The summed E-state index contributed by atoms with van der Waals surface area (Å²) in [5.74, 6) is 1.67. The van der Waals surface area contributed by atoms with Gasteiger partial charge in [-0.05, 0) is 43.7 Å². The van der Waals surface area contributed by atoms with E-state index in [1.807, 2.05) is 0 Å². The summed E-state index contributed by atoms with van der Waals surface area (Å²) >= 11 is 1.80. The molecule has 136 valence electrons. The lowest BCUT2D eigenvalue weighted by Gasteiger charge is -2.19. The monoisotopic (exact) mass is 369 g/mol. The van der Waals surface area contributed by atoms with Crippen molar-refractivity contribution in [1.29, 1.82) is 0 Å². The van der Waals surface area contributed by atoms with Crippen molar-refractivity contribution in [2.24, 2.45) is 0 Å². The maximum absolute atomic E-state index is 6.05. The molecule has 0 bridgehead atoms. The van der Waals surface area contributed by atoms with E-state index >= 15 is 0 Å². The van der Waals surface area contributed by atoms with Crippen molar-refractivity contribution in [3.05, 3.63) is 52.4 Å². The summed E-state index contributed by atoms with van der Waals surface area (Å²) in [5, 5.41) is 0. The lowest BCUT2D eigenvalue weighted by Crippen LogP contribution is -2.25. The highest BCUT2D eigenvalue weighted by atomic mass is 32.1. The minimum Gasteiger partial charge on any atom is -0.493 e. The summed E-state index contributed by atoms with van der Waals surface area (Å²) in [6.07, 6.45) is 1.76. The first-order valence-electron chi connectivity index (χ1n) is 8.76. The van der Waals surface area contributed by atoms with Gasteiger partial charge in [0.25, 0.3) is 0 Å². The molecule has 0 saturated carbocycles. The van der Waals surface area contributed by atoms with Crippen molar-refractivity contribution in [3.63, 3.8) is 0 Å². The normalized spacial score (nSPS) is 14.6. The third-order valence-corrected chi connectivity index (χ3v) is 5.78. The molecule has 0 aliphatic carbocycles. The van der Waals surface area contributed by atoms with Gasteiger partial charge in [-0.1, -0.05) is 0 Å². The molecule has 3 heterocycles. The summed E-state index contributed by atoms with van der Waals surface area (Å²) in [6.45, 7) is 7.32. The molecule has 5 nitrogen and oxygen atoms in total. The van der Waals surface area contributed by atoms with Crippen LogP contribution < -0.4 is 9.47 Å². The second-order valence-corrected chi connectivity index (χ2v) is 7.90. The number of hydrogen-bond donors (Lipinski definition) is 1. The van der Waals surface area contributed by atoms with Crippen molar-refractivity contribution < 1.29 is 9.47 Å². The number of H-pyrrole nitrogens is 1. The summed E-state index contributed by atoms with van der Waals surface area (Å²) in [7, 11) is 1.71. The smallest absolute Gasteiger partial charge is 0.165 e. The van der Waals surface area contributed by atoms with E-state index in [0.717, 1.165) is 48.1 Å². The van der Waals surface area contributed by atoms with Crippen LogP contribution in [0, 0.1) is 13.8 Å². The van der Waals surface area contributed by atoms with Crippen molar-refractivity contribution in [2.45, 2.75) is 26.9 Å². The van der Waals surface area contributed by atoms with Crippen LogP contribution in [0.2, 0.25) is 0 Å². The first kappa shape index (κ1) is 17.1. The molecule has 3 aromatic rings. The molecule has 1 aliphatic heterocycles. The van der Waals surface area contributed by atoms with Gasteiger partial charge in [-0.15, -0.1) is 11.3 Å². The molecule has 1 N–H and O–H groups in total. The zero-order chi connectivity index (χ0) is 18.1. The Labute approximate surface area is 157 Å². The maximum atomic E-state index is 6.05. The van der Waals surface area contributed by atoms with Crippen LogP contribution in [0.5, 0.6) is 11.5 Å². The first-order valence-corrected chi connectivity index (χ1v) is 9.57. The number of benzene rings is 1. The Morgan fingerprint density at radius 1 is 1.31 bits per heavy atom. The highest BCUT2D eigenvalue weighted by molar-refractivity contribution is 7.15. The number of aromatic nitrogens is 2. The largest absolute Gasteiger partial charge is 0.493 e. The van der Waals surface area contributed by atoms with Crippen molar-refractivity contribution in [2.75, 3.05) is 20.3 Å². The van der Waals surface area contributed by atoms with Gasteiger partial charge in [0, 0.05) is 40.6 Å². The molecule has 1 aromatic carbocycles. The molecule has 4 rings (SSSR count). The van der Waals surface area contributed by atoms with Gasteiger partial charge in [0.1, 0.15) is 6.61 Å². The number of aryl methyl sites for hydroxylation is 2. The highest BCUT2D eigenvalue weighted by Gasteiger charge is 2.21. The van der Waals surface area contributed by atoms with E-state index in [1.54, 1.807) is 24.8 Å². The Balaban J connectivity index is 1.68. The minimum atomic E-state index is 0.643. The van der Waals surface area contributed by atoms with Gasteiger partial charge in [0.15, 0.2) is 11.5 Å². The maximum Gasteiger partial charge on any atom is 0.165 e. The molecular weight excluding hydrogens is 346 g/mol. The van der Waals surface area contributed by atoms with Gasteiger partial charge in [-0.25, -0.2) is 4.98 Å².